The SMILES string of the molecule is Nc1c(C(=O)N/N=C\c2ccc(OC(F)F)c(Oc3ccccc3)c2)cnn1CC(O)c1ccccc1. The molecule has 0 saturated carbocycles. The quantitative estimate of drug-likeness (QED) is 0.217. The molecule has 0 bridgehead atoms. The molecule has 4 N–H and O–H groups in total. The molecule has 0 aliphatic carbocycles. The number of hydrogen-bond acceptors (Lipinski definition) is 7. The van der Waals surface area contributed by atoms with Crippen LogP contribution in [-0.4, -0.2) is 33.6 Å². The van der Waals surface area contributed by atoms with Crippen LogP contribution in [0.1, 0.15) is 27.6 Å². The summed E-state index contributed by atoms with van der Waals surface area (Å²) in [5.41, 5.74) is 9.60. The number of carbonyl (C=O) groups is 1. The molecule has 0 fully saturated rings. The first-order valence-corrected chi connectivity index (χ1v) is 11.1. The predicted octanol–water partition coefficient (Wildman–Crippen LogP) is 4.36. The molecule has 3 aromatic carbocycles. The molecule has 1 unspecified atom stereocenters. The lowest BCUT2D eigenvalue weighted by Gasteiger charge is -2.12. The van der Waals surface area contributed by atoms with E-state index in [0.29, 0.717) is 16.9 Å². The molecule has 4 rings (SSSR count). The van der Waals surface area contributed by atoms with Gasteiger partial charge in [-0.25, -0.2) is 10.1 Å². The van der Waals surface area contributed by atoms with Crippen LogP contribution in [0, 0.1) is 0 Å². The van der Waals surface area contributed by atoms with Gasteiger partial charge in [0.2, 0.25) is 0 Å². The van der Waals surface area contributed by atoms with Crippen LogP contribution in [-0.2, 0) is 6.54 Å². The van der Waals surface area contributed by atoms with Crippen LogP contribution < -0.4 is 20.6 Å². The normalized spacial score (nSPS) is 12.0. The molecule has 1 atom stereocenters. The second-order valence-electron chi connectivity index (χ2n) is 7.75. The first-order valence-electron chi connectivity index (χ1n) is 11.1. The fraction of sp³-hybridized carbons (Fsp3) is 0.115. The Kier molecular flexibility index (Phi) is 8.06. The van der Waals surface area contributed by atoms with Crippen molar-refractivity contribution in [1.29, 1.82) is 0 Å². The van der Waals surface area contributed by atoms with Crippen LogP contribution in [0.25, 0.3) is 0 Å². The highest BCUT2D eigenvalue weighted by molar-refractivity contribution is 5.98. The molecule has 1 amide bonds. The number of halogens is 2. The van der Waals surface area contributed by atoms with Crippen LogP contribution >= 0.6 is 0 Å². The summed E-state index contributed by atoms with van der Waals surface area (Å²) in [6.45, 7) is -2.97. The number of aromatic nitrogens is 2. The van der Waals surface area contributed by atoms with E-state index in [1.807, 2.05) is 6.07 Å². The monoisotopic (exact) mass is 507 g/mol. The molecular weight excluding hydrogens is 484 g/mol. The number of aliphatic hydroxyl groups excluding tert-OH is 1. The van der Waals surface area contributed by atoms with E-state index in [9.17, 15) is 18.7 Å². The number of aliphatic hydroxyl groups is 1. The minimum Gasteiger partial charge on any atom is -0.453 e. The number of benzene rings is 3. The Bertz CT molecular complexity index is 1360. The van der Waals surface area contributed by atoms with Crippen molar-refractivity contribution < 1.29 is 28.2 Å². The lowest BCUT2D eigenvalue weighted by Crippen LogP contribution is -2.19. The number of anilines is 1. The molecule has 0 spiro atoms. The highest BCUT2D eigenvalue weighted by atomic mass is 19.3. The third-order valence-corrected chi connectivity index (χ3v) is 5.19. The maximum absolute atomic E-state index is 12.8. The number of ether oxygens (including phenoxy) is 2. The number of amides is 1. The largest absolute Gasteiger partial charge is 0.453 e. The molecule has 0 radical (unpaired) electrons. The van der Waals surface area contributed by atoms with Gasteiger partial charge in [-0.15, -0.1) is 0 Å². The van der Waals surface area contributed by atoms with Crippen LogP contribution in [0.15, 0.2) is 90.2 Å². The number of alkyl halides is 2. The van der Waals surface area contributed by atoms with Gasteiger partial charge in [0, 0.05) is 0 Å². The second kappa shape index (κ2) is 11.8. The van der Waals surface area contributed by atoms with Crippen molar-refractivity contribution in [2.75, 3.05) is 5.73 Å². The Balaban J connectivity index is 1.43. The first-order chi connectivity index (χ1) is 17.9. The zero-order valence-electron chi connectivity index (χ0n) is 19.4. The number of nitrogens with zero attached hydrogens (tertiary/aromatic N) is 3. The third-order valence-electron chi connectivity index (χ3n) is 5.19. The molecule has 37 heavy (non-hydrogen) atoms. The number of para-hydroxylation sites is 1. The van der Waals surface area contributed by atoms with Gasteiger partial charge in [0.1, 0.15) is 17.1 Å². The van der Waals surface area contributed by atoms with E-state index < -0.39 is 18.6 Å². The Morgan fingerprint density at radius 3 is 2.49 bits per heavy atom. The highest BCUT2D eigenvalue weighted by Crippen LogP contribution is 2.33. The van der Waals surface area contributed by atoms with E-state index in [-0.39, 0.29) is 29.4 Å². The summed E-state index contributed by atoms with van der Waals surface area (Å²) in [5.74, 6) is -0.238. The van der Waals surface area contributed by atoms with E-state index in [4.69, 9.17) is 10.5 Å². The van der Waals surface area contributed by atoms with E-state index in [0.717, 1.165) is 0 Å². The molecule has 190 valence electrons. The van der Waals surface area contributed by atoms with Gasteiger partial charge in [0.25, 0.3) is 5.91 Å². The lowest BCUT2D eigenvalue weighted by molar-refractivity contribution is -0.0510. The van der Waals surface area contributed by atoms with Crippen molar-refractivity contribution in [1.82, 2.24) is 15.2 Å². The van der Waals surface area contributed by atoms with Gasteiger partial charge in [0.05, 0.1) is 25.1 Å². The zero-order chi connectivity index (χ0) is 26.2. The van der Waals surface area contributed by atoms with Gasteiger partial charge >= 0.3 is 6.61 Å². The Labute approximate surface area is 210 Å². The van der Waals surface area contributed by atoms with Crippen molar-refractivity contribution in [3.8, 4) is 17.2 Å². The standard InChI is InChI=1S/C26H23F2N5O4/c27-26(28)37-22-12-11-17(13-23(22)36-19-9-5-2-6-10-19)14-30-32-25(35)20-15-31-33(24(20)29)16-21(34)18-7-3-1-4-8-18/h1-15,21,26,34H,16,29H2,(H,32,35)/b30-14-. The first kappa shape index (κ1) is 25.3. The van der Waals surface area contributed by atoms with Crippen molar-refractivity contribution >= 4 is 17.9 Å². The van der Waals surface area contributed by atoms with E-state index in [2.05, 4.69) is 20.4 Å². The van der Waals surface area contributed by atoms with Crippen molar-refractivity contribution in [3.63, 3.8) is 0 Å². The predicted molar refractivity (Wildman–Crippen MR) is 133 cm³/mol. The van der Waals surface area contributed by atoms with Crippen molar-refractivity contribution in [2.24, 2.45) is 5.10 Å². The number of nitrogens with one attached hydrogen (secondary N) is 1. The van der Waals surface area contributed by atoms with Crippen molar-refractivity contribution in [2.45, 2.75) is 19.3 Å². The van der Waals surface area contributed by atoms with Gasteiger partial charge in [-0.1, -0.05) is 48.5 Å². The van der Waals surface area contributed by atoms with Crippen molar-refractivity contribution in [3.05, 3.63) is 102 Å². The number of carbonyl (C=O) groups excluding carboxylic acids is 1. The number of nitrogens with two attached hydrogens (primary N) is 1. The Hall–Kier alpha value is -4.77. The van der Waals surface area contributed by atoms with Gasteiger partial charge < -0.3 is 20.3 Å². The molecule has 0 aliphatic rings. The summed E-state index contributed by atoms with van der Waals surface area (Å²) in [4.78, 5) is 12.6. The van der Waals surface area contributed by atoms with Crippen LogP contribution in [0.2, 0.25) is 0 Å². The number of rotatable bonds is 10. The Morgan fingerprint density at radius 2 is 1.78 bits per heavy atom. The number of nitrogen functional groups attached to an aromatic ring is 1. The number of hydrogen-bond donors (Lipinski definition) is 3. The lowest BCUT2D eigenvalue weighted by atomic mass is 10.1. The summed E-state index contributed by atoms with van der Waals surface area (Å²) in [6.07, 6.45) is 1.73. The fourth-order valence-corrected chi connectivity index (χ4v) is 3.38. The molecule has 9 nitrogen and oxygen atoms in total. The molecule has 11 heteroatoms. The van der Waals surface area contributed by atoms with E-state index in [1.54, 1.807) is 54.6 Å². The summed E-state index contributed by atoms with van der Waals surface area (Å²) in [7, 11) is 0. The van der Waals surface area contributed by atoms with Gasteiger partial charge in [-0.05, 0) is 41.5 Å². The molecule has 1 aromatic heterocycles. The third kappa shape index (κ3) is 6.67. The minimum absolute atomic E-state index is 0.0456. The van der Waals surface area contributed by atoms with Crippen LogP contribution in [0.3, 0.4) is 0 Å². The van der Waals surface area contributed by atoms with Gasteiger partial charge in [0.15, 0.2) is 11.5 Å². The number of hydrazone groups is 1. The average molecular weight is 507 g/mol. The maximum Gasteiger partial charge on any atom is 0.387 e. The second-order valence-corrected chi connectivity index (χ2v) is 7.75. The smallest absolute Gasteiger partial charge is 0.387 e. The molecule has 0 aliphatic heterocycles. The topological polar surface area (TPSA) is 124 Å². The fourth-order valence-electron chi connectivity index (χ4n) is 3.38. The summed E-state index contributed by atoms with van der Waals surface area (Å²) >= 11 is 0. The Morgan fingerprint density at radius 1 is 1.08 bits per heavy atom. The van der Waals surface area contributed by atoms with Crippen LogP contribution in [0.5, 0.6) is 17.2 Å². The summed E-state index contributed by atoms with van der Waals surface area (Å²) in [5, 5.41) is 18.4. The minimum atomic E-state index is -3.03. The maximum atomic E-state index is 12.8. The van der Waals surface area contributed by atoms with Crippen LogP contribution in [0.4, 0.5) is 14.6 Å². The average Bonchev–Trinajstić information content (AvgIpc) is 3.26. The zero-order valence-corrected chi connectivity index (χ0v) is 19.4. The van der Waals surface area contributed by atoms with E-state index >= 15 is 0 Å². The highest BCUT2D eigenvalue weighted by Gasteiger charge is 2.18. The van der Waals surface area contributed by atoms with E-state index in [1.165, 1.54) is 35.3 Å². The van der Waals surface area contributed by atoms with Gasteiger partial charge in [-0.3, -0.25) is 4.79 Å². The molecule has 4 aromatic rings. The summed E-state index contributed by atoms with van der Waals surface area (Å²) < 4.78 is 37.1. The van der Waals surface area contributed by atoms with Gasteiger partial charge in [-0.2, -0.15) is 19.0 Å². The summed E-state index contributed by atoms with van der Waals surface area (Å²) in [6, 6.07) is 21.8. The molecule has 0 saturated heterocycles. The molecule has 1 heterocycles. The molecular formula is C26H23F2N5O4.